The Bertz CT molecular complexity index is 1770. The number of benzene rings is 2. The van der Waals surface area contributed by atoms with Crippen molar-refractivity contribution >= 4 is 66.3 Å². The molecule has 28 heteroatoms. The van der Waals surface area contributed by atoms with E-state index in [1.54, 1.807) is 0 Å². The Morgan fingerprint density at radius 1 is 0.540 bits per heavy atom. The highest BCUT2D eigenvalue weighted by molar-refractivity contribution is 7.91. The molecule has 2 aromatic carbocycles. The lowest BCUT2D eigenvalue weighted by Gasteiger charge is -2.42. The van der Waals surface area contributed by atoms with E-state index >= 15 is 0 Å². The summed E-state index contributed by atoms with van der Waals surface area (Å²) in [7, 11) is -10.9. The second kappa shape index (κ2) is 14.3. The first-order chi connectivity index (χ1) is 21.9. The SMILES string of the molecule is CCNS(=O)(=O)C(F)(F)C(F)(F)C(F)(F)C(F)(F)C(F)(F)C(F)(F)C(F)(F)C(F)(F)F.O=S(=O)(c1ccc(Cl)cc1)c1cc(Cl)c(Cl)cc1Cl. The third-order valence-corrected chi connectivity index (χ3v) is 10.6. The summed E-state index contributed by atoms with van der Waals surface area (Å²) in [6.07, 6.45) is -7.86. The quantitative estimate of drug-likeness (QED) is 0.180. The van der Waals surface area contributed by atoms with Gasteiger partial charge in [0.15, 0.2) is 0 Å². The summed E-state index contributed by atoms with van der Waals surface area (Å²) in [5.41, 5.74) is 0. The Morgan fingerprint density at radius 2 is 0.900 bits per heavy atom. The number of sulfonamides is 1. The van der Waals surface area contributed by atoms with E-state index in [9.17, 15) is 91.5 Å². The maximum absolute atomic E-state index is 13.4. The minimum Gasteiger partial charge on any atom is -0.218 e. The molecule has 0 aliphatic carbocycles. The zero-order valence-electron chi connectivity index (χ0n) is 23.1. The summed E-state index contributed by atoms with van der Waals surface area (Å²) in [5, 5.41) is -6.72. The van der Waals surface area contributed by atoms with Crippen molar-refractivity contribution in [3.63, 3.8) is 0 Å². The molecule has 0 aromatic heterocycles. The van der Waals surface area contributed by atoms with Crippen LogP contribution < -0.4 is 4.72 Å². The summed E-state index contributed by atoms with van der Waals surface area (Å²) < 4.78 is 266. The molecule has 2 rings (SSSR count). The largest absolute Gasteiger partial charge is 0.460 e. The fourth-order valence-electron chi connectivity index (χ4n) is 3.05. The number of rotatable bonds is 11. The highest BCUT2D eigenvalue weighted by Gasteiger charge is 2.96. The molecule has 2 aromatic rings. The predicted molar refractivity (Wildman–Crippen MR) is 142 cm³/mol. The molecule has 5 nitrogen and oxygen atoms in total. The monoisotopic (exact) mass is 881 g/mol. The van der Waals surface area contributed by atoms with Crippen LogP contribution in [0.4, 0.5) is 74.6 Å². The standard InChI is InChI=1S/C12H6Cl4O2S.C10H6F17NO2S/c13-7-1-3-8(4-2-7)19(17,18)12-6-10(15)9(14)5-11(12)16;1-2-28-31(29,30)10(26,27)8(21,22)6(17,18)4(13,14)3(11,12)5(15,16)7(19,20)9(23,24)25/h1-6H;28H,2H2,1H3. The predicted octanol–water partition coefficient (Wildman–Crippen LogP) is 10.0. The number of hydrogen-bond donors (Lipinski definition) is 1. The van der Waals surface area contributed by atoms with Crippen molar-refractivity contribution in [1.82, 2.24) is 4.72 Å². The van der Waals surface area contributed by atoms with Crippen LogP contribution in [-0.2, 0) is 19.9 Å². The van der Waals surface area contributed by atoms with Gasteiger partial charge in [0.05, 0.1) is 24.9 Å². The second-order valence-corrected chi connectivity index (χ2v) is 14.5. The van der Waals surface area contributed by atoms with Gasteiger partial charge in [-0.1, -0.05) is 53.3 Å². The van der Waals surface area contributed by atoms with E-state index in [-0.39, 0.29) is 24.9 Å². The molecule has 0 amide bonds. The highest BCUT2D eigenvalue weighted by atomic mass is 35.5. The molecule has 0 fully saturated rings. The van der Waals surface area contributed by atoms with Gasteiger partial charge in [-0.05, 0) is 36.4 Å². The number of hydrogen-bond acceptors (Lipinski definition) is 4. The van der Waals surface area contributed by atoms with Crippen molar-refractivity contribution in [3.05, 3.63) is 56.5 Å². The Hall–Kier alpha value is -1.73. The molecule has 0 saturated carbocycles. The molecule has 288 valence electrons. The highest BCUT2D eigenvalue weighted by Crippen LogP contribution is 2.64. The van der Waals surface area contributed by atoms with Crippen LogP contribution in [-0.4, -0.2) is 70.3 Å². The van der Waals surface area contributed by atoms with Crippen molar-refractivity contribution in [1.29, 1.82) is 0 Å². The topological polar surface area (TPSA) is 80.3 Å². The van der Waals surface area contributed by atoms with Gasteiger partial charge in [0.25, 0.3) is 10.0 Å². The van der Waals surface area contributed by atoms with Gasteiger partial charge < -0.3 is 0 Å². The Labute approximate surface area is 288 Å². The fraction of sp³-hybridized carbons (Fsp3) is 0.455. The van der Waals surface area contributed by atoms with Gasteiger partial charge in [0.1, 0.15) is 0 Å². The van der Waals surface area contributed by atoms with E-state index in [0.717, 1.165) is 0 Å². The first kappa shape index (κ1) is 46.3. The molecule has 0 radical (unpaired) electrons. The van der Waals surface area contributed by atoms with Crippen LogP contribution in [0.15, 0.2) is 46.2 Å². The normalized spacial score (nSPS) is 14.7. The van der Waals surface area contributed by atoms with Gasteiger partial charge in [-0.25, -0.2) is 21.6 Å². The van der Waals surface area contributed by atoms with Crippen molar-refractivity contribution in [3.8, 4) is 0 Å². The number of alkyl halides is 17. The van der Waals surface area contributed by atoms with Crippen molar-refractivity contribution in [2.45, 2.75) is 63.7 Å². The van der Waals surface area contributed by atoms with Gasteiger partial charge in [0, 0.05) is 11.6 Å². The van der Waals surface area contributed by atoms with Crippen LogP contribution in [0.3, 0.4) is 0 Å². The van der Waals surface area contributed by atoms with Crippen LogP contribution in [0.25, 0.3) is 0 Å². The van der Waals surface area contributed by atoms with Crippen LogP contribution >= 0.6 is 46.4 Å². The Balaban J connectivity index is 0.000000556. The van der Waals surface area contributed by atoms with Gasteiger partial charge in [0.2, 0.25) is 9.84 Å². The van der Waals surface area contributed by atoms with Crippen LogP contribution in [0.5, 0.6) is 0 Å². The average Bonchev–Trinajstić information content (AvgIpc) is 2.94. The van der Waals surface area contributed by atoms with Gasteiger partial charge in [-0.2, -0.15) is 74.6 Å². The molecule has 0 bridgehead atoms. The molecular weight excluding hydrogens is 871 g/mol. The van der Waals surface area contributed by atoms with E-state index in [2.05, 4.69) is 0 Å². The van der Waals surface area contributed by atoms with Crippen LogP contribution in [0.1, 0.15) is 6.92 Å². The van der Waals surface area contributed by atoms with Crippen molar-refractivity contribution < 1.29 is 91.5 Å². The lowest BCUT2D eigenvalue weighted by molar-refractivity contribution is -0.458. The smallest absolute Gasteiger partial charge is 0.218 e. The van der Waals surface area contributed by atoms with E-state index < -0.39 is 73.4 Å². The van der Waals surface area contributed by atoms with E-state index in [4.69, 9.17) is 46.4 Å². The van der Waals surface area contributed by atoms with Crippen molar-refractivity contribution in [2.75, 3.05) is 6.54 Å². The summed E-state index contributed by atoms with van der Waals surface area (Å²) in [6, 6.07) is 8.30. The number of nitrogens with one attached hydrogen (secondary N) is 1. The minimum absolute atomic E-state index is 0.0179. The molecular formula is C22H12Cl4F17NO4S2. The van der Waals surface area contributed by atoms with Crippen LogP contribution in [0.2, 0.25) is 20.1 Å². The van der Waals surface area contributed by atoms with Crippen molar-refractivity contribution in [2.24, 2.45) is 0 Å². The summed E-state index contributed by atoms with van der Waals surface area (Å²) in [4.78, 5) is -0.0110. The Morgan fingerprint density at radius 3 is 1.28 bits per heavy atom. The first-order valence-electron chi connectivity index (χ1n) is 11.7. The molecule has 0 heterocycles. The minimum atomic E-state index is -8.81. The molecule has 0 aliphatic heterocycles. The molecule has 50 heavy (non-hydrogen) atoms. The fourth-order valence-corrected chi connectivity index (χ4v) is 6.46. The summed E-state index contributed by atoms with van der Waals surface area (Å²) in [6.45, 7) is -0.811. The number of halogens is 21. The molecule has 0 aliphatic rings. The molecule has 0 atom stereocenters. The van der Waals surface area contributed by atoms with Crippen LogP contribution in [0, 0.1) is 0 Å². The van der Waals surface area contributed by atoms with Gasteiger partial charge >= 0.3 is 47.0 Å². The summed E-state index contributed by atoms with van der Waals surface area (Å²) in [5.74, 6) is -51.4. The maximum Gasteiger partial charge on any atom is 0.460 e. The molecule has 0 spiro atoms. The van der Waals surface area contributed by atoms with Gasteiger partial charge in [-0.3, -0.25) is 0 Å². The third-order valence-electron chi connectivity index (χ3n) is 5.75. The lowest BCUT2D eigenvalue weighted by atomic mass is 9.91. The zero-order valence-corrected chi connectivity index (χ0v) is 27.7. The average molecular weight is 883 g/mol. The Kier molecular flexibility index (Phi) is 13.2. The van der Waals surface area contributed by atoms with Gasteiger partial charge in [-0.15, -0.1) is 0 Å². The maximum atomic E-state index is 13.4. The lowest BCUT2D eigenvalue weighted by Crippen LogP contribution is -2.75. The van der Waals surface area contributed by atoms with E-state index in [1.165, 1.54) is 36.4 Å². The zero-order chi connectivity index (χ0) is 40.1. The number of sulfone groups is 1. The summed E-state index contributed by atoms with van der Waals surface area (Å²) >= 11 is 23.2. The van der Waals surface area contributed by atoms with E-state index in [1.807, 2.05) is 0 Å². The first-order valence-corrected chi connectivity index (χ1v) is 16.2. The second-order valence-electron chi connectivity index (χ2n) is 9.12. The third kappa shape index (κ3) is 7.52. The molecule has 0 saturated heterocycles. The van der Waals surface area contributed by atoms with E-state index in [0.29, 0.717) is 16.7 Å². The molecule has 0 unspecified atom stereocenters. The molecule has 1 N–H and O–H groups in total.